The molecule has 0 aliphatic carbocycles. The van der Waals surface area contributed by atoms with Gasteiger partial charge >= 0.3 is 73.8 Å². The zero-order chi connectivity index (χ0) is 5.41. The maximum Gasteiger partial charge on any atom is 1.00 e. The zero-order valence-corrected chi connectivity index (χ0v) is 9.30. The summed E-state index contributed by atoms with van der Waals surface area (Å²) >= 11 is 0. The first-order chi connectivity index (χ1) is 2.83. The second kappa shape index (κ2) is 44.0. The second-order valence-electron chi connectivity index (χ2n) is 0.183. The first kappa shape index (κ1) is 23.1. The zero-order valence-electron chi connectivity index (χ0n) is 4.01. The van der Waals surface area contributed by atoms with Crippen molar-refractivity contribution in [3.8, 4) is 12.5 Å². The molecule has 42 valence electrons. The summed E-state index contributed by atoms with van der Waals surface area (Å²) in [7, 11) is 0. The van der Waals surface area contributed by atoms with E-state index in [-0.39, 0.29) is 73.8 Å². The molecule has 0 heterocycles. The summed E-state index contributed by atoms with van der Waals surface area (Å²) in [4.78, 5) is 0. The quantitative estimate of drug-likeness (QED) is 0.329. The van der Waals surface area contributed by atoms with Gasteiger partial charge in [0.2, 0.25) is 0 Å². The van der Waals surface area contributed by atoms with E-state index in [0.717, 1.165) is 0 Å². The molecule has 0 rings (SSSR count). The fourth-order valence-electron chi connectivity index (χ4n) is 0. The Bertz CT molecular complexity index is 73.0. The Labute approximate surface area is 105 Å². The van der Waals surface area contributed by atoms with Gasteiger partial charge in [0.05, 0.1) is 0 Å². The Balaban J connectivity index is -0.0000000160. The van der Waals surface area contributed by atoms with Gasteiger partial charge in [-0.3, -0.25) is 0 Å². The van der Waals surface area contributed by atoms with Crippen molar-refractivity contribution in [2.75, 3.05) is 0 Å². The van der Waals surface area contributed by atoms with Crippen LogP contribution in [0, 0.1) is 23.0 Å². The third-order valence-corrected chi connectivity index (χ3v) is 0. The molecule has 4 nitrogen and oxygen atoms in total. The van der Waals surface area contributed by atoms with Crippen LogP contribution in [-0.4, -0.2) is 0 Å². The van der Waals surface area contributed by atoms with Crippen molar-refractivity contribution in [2.24, 2.45) is 0 Å². The van der Waals surface area contributed by atoms with E-state index >= 15 is 0 Å². The van der Waals surface area contributed by atoms with E-state index in [1.165, 1.54) is 0 Å². The summed E-state index contributed by atoms with van der Waals surface area (Å²) in [5, 5.41) is 30.0. The first-order valence-corrected chi connectivity index (χ1v) is 0.855. The van der Waals surface area contributed by atoms with E-state index < -0.39 is 0 Å². The van der Waals surface area contributed by atoms with Crippen molar-refractivity contribution < 1.29 is 84.0 Å². The molecule has 0 aliphatic heterocycles. The van der Waals surface area contributed by atoms with Crippen molar-refractivity contribution in [3.05, 3.63) is 0 Å². The first-order valence-electron chi connectivity index (χ1n) is 0.855. The van der Waals surface area contributed by atoms with Crippen LogP contribution in [0.2, 0.25) is 0 Å². The van der Waals surface area contributed by atoms with E-state index in [2.05, 4.69) is 0 Å². The van der Waals surface area contributed by atoms with Crippen LogP contribution in [0.3, 0.4) is 0 Å². The molecule has 0 bridgehead atoms. The molecule has 0 atom stereocenters. The van der Waals surface area contributed by atoms with Crippen LogP contribution in [-0.2, 0) is 22.4 Å². The summed E-state index contributed by atoms with van der Waals surface area (Å²) in [6.45, 7) is 0. The number of hydrogen-bond acceptors (Lipinski definition) is 4. The van der Waals surface area contributed by atoms with Crippen molar-refractivity contribution in [3.63, 3.8) is 0 Å². The van der Waals surface area contributed by atoms with E-state index in [4.69, 9.17) is 20.7 Å². The molecule has 0 saturated heterocycles. The molecule has 0 aromatic rings. The van der Waals surface area contributed by atoms with Gasteiger partial charge in [-0.2, -0.15) is 0 Å². The average Bonchev–Trinajstić information content (AvgIpc) is 1.39. The Kier molecular flexibility index (Phi) is 127. The molecule has 0 aliphatic rings. The summed E-state index contributed by atoms with van der Waals surface area (Å²) in [5.41, 5.74) is 0. The molecule has 0 N–H and O–H groups in total. The maximum absolute atomic E-state index is 8.24. The van der Waals surface area contributed by atoms with Crippen LogP contribution in [0.1, 0.15) is 0 Å². The van der Waals surface area contributed by atoms with Gasteiger partial charge in [0.25, 0.3) is 0 Å². The van der Waals surface area contributed by atoms with Crippen LogP contribution in [0.4, 0.5) is 0 Å². The van der Waals surface area contributed by atoms with E-state index in [1.54, 1.807) is 0 Å². The van der Waals surface area contributed by atoms with Crippen LogP contribution >= 0.6 is 0 Å². The number of rotatable bonds is 0. The summed E-state index contributed by atoms with van der Waals surface area (Å²) in [5.74, 6) is 0. The van der Waals surface area contributed by atoms with Gasteiger partial charge < -0.3 is 10.2 Å². The van der Waals surface area contributed by atoms with E-state index in [1.807, 2.05) is 0 Å². The summed E-state index contributed by atoms with van der Waals surface area (Å²) in [6, 6.07) is 0. The Morgan fingerprint density at radius 2 is 1.00 bits per heavy atom. The van der Waals surface area contributed by atoms with Gasteiger partial charge in [0.15, 0.2) is 0 Å². The minimum atomic E-state index is 0. The normalized spacial score (nSPS) is 1.75. The molecular weight excluding hydrogens is 320 g/mol. The van der Waals surface area contributed by atoms with Crippen LogP contribution < -0.4 is 61.6 Å². The molecule has 0 unspecified atom stereocenters. The van der Waals surface area contributed by atoms with Crippen molar-refractivity contribution in [1.29, 1.82) is 10.5 Å². The van der Waals surface area contributed by atoms with Gasteiger partial charge in [-0.15, -0.1) is 0 Å². The molecule has 0 aromatic heterocycles. The number of nitriles is 2. The molecule has 0 saturated carbocycles. The SMILES string of the molecule is N#C[O-].N#C[O-].[Au+].[K+]. The Hall–Kier alpha value is 0.957. The largest absolute Gasteiger partial charge is 1.00 e. The fourth-order valence-corrected chi connectivity index (χ4v) is 0. The van der Waals surface area contributed by atoms with Crippen LogP contribution in [0.15, 0.2) is 0 Å². The molecule has 8 heavy (non-hydrogen) atoms. The number of nitrogens with zero attached hydrogens (tertiary/aromatic N) is 2. The predicted octanol–water partition coefficient (Wildman–Crippen LogP) is -5.34. The molecule has 6 heteroatoms. The second-order valence-corrected chi connectivity index (χ2v) is 0.183. The van der Waals surface area contributed by atoms with Gasteiger partial charge in [-0.25, -0.2) is 10.5 Å². The van der Waals surface area contributed by atoms with Gasteiger partial charge in [-0.1, -0.05) is 0 Å². The molecule has 0 fully saturated rings. The number of hydrogen-bond donors (Lipinski definition) is 0. The monoisotopic (exact) mass is 320 g/mol. The molecule has 0 amide bonds. The molecule has 0 radical (unpaired) electrons. The van der Waals surface area contributed by atoms with E-state index in [0.29, 0.717) is 12.5 Å². The third kappa shape index (κ3) is 270. The smallest absolute Gasteiger partial charge is 0.812 e. The van der Waals surface area contributed by atoms with Crippen LogP contribution in [0.25, 0.3) is 0 Å². The maximum atomic E-state index is 8.24. The van der Waals surface area contributed by atoms with Crippen molar-refractivity contribution in [1.82, 2.24) is 0 Å². The Morgan fingerprint density at radius 1 is 1.00 bits per heavy atom. The van der Waals surface area contributed by atoms with Gasteiger partial charge in [0, 0.05) is 12.5 Å². The fraction of sp³-hybridized carbons (Fsp3) is 0. The van der Waals surface area contributed by atoms with Gasteiger partial charge in [0.1, 0.15) is 0 Å². The summed E-state index contributed by atoms with van der Waals surface area (Å²) < 4.78 is 0. The predicted molar refractivity (Wildman–Crippen MR) is 11.2 cm³/mol. The minimum absolute atomic E-state index is 0. The molecular formula is C2AuKN2O2. The standard InChI is InChI=1S/2CHNO.Au.K/c2*2-1-3;;/h2*3H;;/q;;2*+1/p-2. The van der Waals surface area contributed by atoms with Crippen LogP contribution in [0.5, 0.6) is 0 Å². The molecule has 0 aromatic carbocycles. The van der Waals surface area contributed by atoms with Crippen molar-refractivity contribution in [2.45, 2.75) is 0 Å². The third-order valence-electron chi connectivity index (χ3n) is 0. The topological polar surface area (TPSA) is 93.7 Å². The van der Waals surface area contributed by atoms with Crippen molar-refractivity contribution >= 4 is 0 Å². The van der Waals surface area contributed by atoms with E-state index in [9.17, 15) is 0 Å². The van der Waals surface area contributed by atoms with Gasteiger partial charge in [-0.05, 0) is 0 Å². The Morgan fingerprint density at radius 3 is 1.00 bits per heavy atom. The summed E-state index contributed by atoms with van der Waals surface area (Å²) in [6.07, 6.45) is 1.00. The molecule has 0 spiro atoms. The average molecular weight is 320 g/mol. The minimum Gasteiger partial charge on any atom is -0.812 e.